The highest BCUT2D eigenvalue weighted by Crippen LogP contribution is 2.60. The highest BCUT2D eigenvalue weighted by Gasteiger charge is 2.46. The molecular formula is C103H113NO9. The van der Waals surface area contributed by atoms with Crippen molar-refractivity contribution in [2.24, 2.45) is 35.5 Å². The molecular weight excluding hydrogens is 1400 g/mol. The largest absolute Gasteiger partial charge is 0.497 e. The predicted molar refractivity (Wildman–Crippen MR) is 459 cm³/mol. The minimum absolute atomic E-state index is 0.106. The SMILES string of the molecule is CCCCCC1CCC(c2ccc(-c3ccc(C(=O)Nc4ccc(-c5ccc6c(c5)-c5c(c7c(c8cc(OCC)c(OC(=O)c9ccccc9-c9ccc(OC(=O)C%10CCC(C%11CCC(CCCCC)CC%11)CC%10)cc9)cc58)OC(c5ccc(OC)cc5)(c5ccc(OC[C@@H](C)CC)cc5)C=C7)C6(C)C)cc4)cc3)cc2)CC1. The van der Waals surface area contributed by atoms with Gasteiger partial charge in [0, 0.05) is 38.7 Å². The molecule has 3 fully saturated rings. The Morgan fingerprint density at radius 3 is 1.73 bits per heavy atom. The van der Waals surface area contributed by atoms with Gasteiger partial charge >= 0.3 is 11.9 Å². The van der Waals surface area contributed by atoms with E-state index in [0.29, 0.717) is 64.0 Å². The van der Waals surface area contributed by atoms with E-state index in [4.69, 9.17) is 28.4 Å². The summed E-state index contributed by atoms with van der Waals surface area (Å²) in [6.07, 6.45) is 30.8. The minimum atomic E-state index is -1.14. The van der Waals surface area contributed by atoms with Crippen LogP contribution in [0.1, 0.15) is 243 Å². The van der Waals surface area contributed by atoms with Gasteiger partial charge < -0.3 is 33.7 Å². The highest BCUT2D eigenvalue weighted by atomic mass is 16.6. The third-order valence-electron chi connectivity index (χ3n) is 26.0. The first kappa shape index (κ1) is 78.1. The maximum atomic E-state index is 15.3. The standard InChI is InChI=1S/C103H113NO9/c1-9-13-15-19-68-23-27-70(28-24-68)72-31-33-73(34-32-72)74-35-39-78(40-36-74)99(105)104-83-52-43-76(44-53-83)80-47-60-93-92(63-80)96-90-64-95(112-101(107)88-22-18-17-21-87(88)77-45-54-86(55-46-77)111-100(106)79-41-37-75(38-42-79)71-29-25-69(26-30-71)20-16-14-10-2)94(109-12-4)65-91(90)98-89(97(96)102(93,6)7)61-62-103(113-98,81-48-56-84(108-8)57-49-81)82-50-58-85(59-51-82)110-66-67(5)11-3/h17-18,21-22,31-36,39-40,43-65,67-71,75,79H,9-16,19-20,23-30,37-38,41-42,66H2,1-8H3,(H,104,105)/t67-,68?,69?,70?,71?,75?,79?,103?/m0/s1. The molecule has 10 heteroatoms. The molecule has 2 atom stereocenters. The number of carbonyl (C=O) groups excluding carboxylic acids is 3. The normalized spacial score (nSPS) is 20.4. The Hall–Kier alpha value is -10.2. The molecule has 3 saturated carbocycles. The van der Waals surface area contributed by atoms with E-state index in [1.54, 1.807) is 13.2 Å². The zero-order chi connectivity index (χ0) is 78.2. The van der Waals surface area contributed by atoms with Crippen LogP contribution in [0.4, 0.5) is 5.69 Å². The van der Waals surface area contributed by atoms with Gasteiger partial charge in [0.05, 0.1) is 31.8 Å². The summed E-state index contributed by atoms with van der Waals surface area (Å²) in [6, 6.07) is 67.0. The van der Waals surface area contributed by atoms with Gasteiger partial charge in [-0.2, -0.15) is 0 Å². The lowest BCUT2D eigenvalue weighted by atomic mass is 9.68. The lowest BCUT2D eigenvalue weighted by Gasteiger charge is -2.38. The number of hydrogen-bond acceptors (Lipinski definition) is 9. The van der Waals surface area contributed by atoms with Gasteiger partial charge in [0.2, 0.25) is 0 Å². The van der Waals surface area contributed by atoms with Crippen molar-refractivity contribution in [3.05, 3.63) is 251 Å². The van der Waals surface area contributed by atoms with Crippen molar-refractivity contribution in [1.29, 1.82) is 0 Å². The molecule has 1 N–H and O–H groups in total. The molecule has 10 nitrogen and oxygen atoms in total. The Balaban J connectivity index is 0.718. The van der Waals surface area contributed by atoms with Crippen LogP contribution in [-0.2, 0) is 15.8 Å². The molecule has 0 aromatic heterocycles. The molecule has 0 spiro atoms. The number of anilines is 1. The first-order valence-corrected chi connectivity index (χ1v) is 42.6. The van der Waals surface area contributed by atoms with Gasteiger partial charge in [-0.3, -0.25) is 9.59 Å². The zero-order valence-electron chi connectivity index (χ0n) is 67.7. The van der Waals surface area contributed by atoms with Crippen LogP contribution in [0.3, 0.4) is 0 Å². The summed E-state index contributed by atoms with van der Waals surface area (Å²) >= 11 is 0. The number of benzene rings is 10. The molecule has 584 valence electrons. The third-order valence-corrected chi connectivity index (χ3v) is 26.0. The van der Waals surface area contributed by atoms with Crippen molar-refractivity contribution >= 4 is 40.4 Å². The number of esters is 2. The van der Waals surface area contributed by atoms with Gasteiger partial charge in [-0.1, -0.05) is 234 Å². The lowest BCUT2D eigenvalue weighted by molar-refractivity contribution is -0.140. The summed E-state index contributed by atoms with van der Waals surface area (Å²) in [5, 5.41) is 4.76. The first-order chi connectivity index (χ1) is 55.1. The fourth-order valence-electron chi connectivity index (χ4n) is 19.1. The molecule has 10 aromatic carbocycles. The molecule has 1 heterocycles. The van der Waals surface area contributed by atoms with Crippen LogP contribution < -0.4 is 33.7 Å². The van der Waals surface area contributed by atoms with Crippen molar-refractivity contribution in [3.8, 4) is 79.0 Å². The van der Waals surface area contributed by atoms with Gasteiger partial charge in [-0.15, -0.1) is 0 Å². The van der Waals surface area contributed by atoms with Crippen LogP contribution in [0.15, 0.2) is 206 Å². The van der Waals surface area contributed by atoms with Gasteiger partial charge in [-0.05, 0) is 264 Å². The predicted octanol–water partition coefficient (Wildman–Crippen LogP) is 26.8. The van der Waals surface area contributed by atoms with Crippen LogP contribution in [0.2, 0.25) is 0 Å². The quantitative estimate of drug-likeness (QED) is 0.0290. The van der Waals surface area contributed by atoms with Gasteiger partial charge in [-0.25, -0.2) is 4.79 Å². The van der Waals surface area contributed by atoms with E-state index in [1.165, 1.54) is 108 Å². The highest BCUT2D eigenvalue weighted by molar-refractivity contribution is 6.11. The lowest BCUT2D eigenvalue weighted by Crippen LogP contribution is -2.35. The maximum absolute atomic E-state index is 15.3. The van der Waals surface area contributed by atoms with Crippen molar-refractivity contribution in [2.45, 2.75) is 200 Å². The molecule has 0 radical (unpaired) electrons. The Morgan fingerprint density at radius 1 is 0.531 bits per heavy atom. The number of rotatable bonds is 28. The van der Waals surface area contributed by atoms with E-state index in [9.17, 15) is 9.59 Å². The summed E-state index contributed by atoms with van der Waals surface area (Å²) in [6.45, 7) is 16.3. The molecule has 5 aliphatic rings. The molecule has 113 heavy (non-hydrogen) atoms. The summed E-state index contributed by atoms with van der Waals surface area (Å²) in [5.41, 5.74) is 14.0. The van der Waals surface area contributed by atoms with E-state index in [1.807, 2.05) is 122 Å². The van der Waals surface area contributed by atoms with Crippen molar-refractivity contribution < 1.29 is 42.8 Å². The topological polar surface area (TPSA) is 119 Å². The second-order valence-corrected chi connectivity index (χ2v) is 33.6. The number of amides is 1. The number of unbranched alkanes of at least 4 members (excludes halogenated alkanes) is 4. The third kappa shape index (κ3) is 16.9. The number of hydrogen-bond donors (Lipinski definition) is 1. The van der Waals surface area contributed by atoms with Crippen molar-refractivity contribution in [2.75, 3.05) is 25.6 Å². The summed E-state index contributed by atoms with van der Waals surface area (Å²) < 4.78 is 39.4. The van der Waals surface area contributed by atoms with Crippen LogP contribution in [0, 0.1) is 35.5 Å². The van der Waals surface area contributed by atoms with E-state index < -0.39 is 17.0 Å². The zero-order valence-corrected chi connectivity index (χ0v) is 67.7. The van der Waals surface area contributed by atoms with Gasteiger partial charge in [0.25, 0.3) is 5.91 Å². The number of carbonyl (C=O) groups is 3. The first-order valence-electron chi connectivity index (χ1n) is 42.6. The molecule has 4 aliphatic carbocycles. The maximum Gasteiger partial charge on any atom is 0.344 e. The number of ether oxygens (including phenoxy) is 6. The molecule has 1 aliphatic heterocycles. The van der Waals surface area contributed by atoms with E-state index in [0.717, 1.165) is 139 Å². The molecule has 1 unspecified atom stereocenters. The van der Waals surface area contributed by atoms with Gasteiger partial charge in [0.1, 0.15) is 23.0 Å². The Bertz CT molecular complexity index is 4990. The Labute approximate surface area is 670 Å². The minimum Gasteiger partial charge on any atom is -0.497 e. The van der Waals surface area contributed by atoms with Gasteiger partial charge in [0.15, 0.2) is 17.1 Å². The Morgan fingerprint density at radius 2 is 1.10 bits per heavy atom. The van der Waals surface area contributed by atoms with E-state index in [-0.39, 0.29) is 30.2 Å². The van der Waals surface area contributed by atoms with E-state index in [2.05, 4.69) is 138 Å². The van der Waals surface area contributed by atoms with Crippen LogP contribution >= 0.6 is 0 Å². The van der Waals surface area contributed by atoms with Crippen LogP contribution in [0.5, 0.6) is 34.5 Å². The average Bonchev–Trinajstić information content (AvgIpc) is 1.57. The number of methoxy groups -OCH3 is 1. The fourth-order valence-corrected chi connectivity index (χ4v) is 19.1. The number of fused-ring (bicyclic) bond motifs is 8. The van der Waals surface area contributed by atoms with Crippen LogP contribution in [-0.4, -0.2) is 38.2 Å². The monoisotopic (exact) mass is 1510 g/mol. The molecule has 15 rings (SSSR count). The van der Waals surface area contributed by atoms with Crippen molar-refractivity contribution in [1.82, 2.24) is 0 Å². The smallest absolute Gasteiger partial charge is 0.344 e. The molecule has 10 aromatic rings. The number of nitrogens with one attached hydrogen (secondary N) is 1. The Kier molecular flexibility index (Phi) is 24.2. The van der Waals surface area contributed by atoms with Crippen molar-refractivity contribution in [3.63, 3.8) is 0 Å². The second-order valence-electron chi connectivity index (χ2n) is 33.6. The molecule has 0 bridgehead atoms. The van der Waals surface area contributed by atoms with E-state index >= 15 is 4.79 Å². The molecule has 0 saturated heterocycles. The second kappa shape index (κ2) is 35.1. The summed E-state index contributed by atoms with van der Waals surface area (Å²) in [5.74, 6) is 6.59. The average molecular weight is 1510 g/mol. The fraction of sp³-hybridized carbons (Fsp3) is 0.388. The summed E-state index contributed by atoms with van der Waals surface area (Å²) in [4.78, 5) is 43.0. The molecule has 1 amide bonds. The summed E-state index contributed by atoms with van der Waals surface area (Å²) in [7, 11) is 1.67. The van der Waals surface area contributed by atoms with Crippen LogP contribution in [0.25, 0.3) is 61.4 Å².